The Balaban J connectivity index is 2.03. The molecule has 0 fully saturated rings. The number of hydrogen-bond donors (Lipinski definition) is 2. The van der Waals surface area contributed by atoms with Gasteiger partial charge in [-0.15, -0.1) is 0 Å². The summed E-state index contributed by atoms with van der Waals surface area (Å²) in [7, 11) is 0. The van der Waals surface area contributed by atoms with E-state index in [0.29, 0.717) is 16.3 Å². The van der Waals surface area contributed by atoms with E-state index in [1.165, 1.54) is 0 Å². The normalized spacial score (nSPS) is 12.2. The van der Waals surface area contributed by atoms with E-state index in [1.54, 1.807) is 18.2 Å². The predicted molar refractivity (Wildman–Crippen MR) is 74.3 cm³/mol. The summed E-state index contributed by atoms with van der Waals surface area (Å²) in [6.45, 7) is -0.0318. The molecule has 2 aromatic rings. The molecule has 0 amide bonds. The van der Waals surface area contributed by atoms with Crippen molar-refractivity contribution in [2.75, 3.05) is 6.61 Å². The topological polar surface area (TPSA) is 49.7 Å². The number of halogens is 1. The Kier molecular flexibility index (Phi) is 4.80. The lowest BCUT2D eigenvalue weighted by Gasteiger charge is -2.14. The Morgan fingerprint density at radius 1 is 1.11 bits per heavy atom. The zero-order valence-corrected chi connectivity index (χ0v) is 11.0. The minimum Gasteiger partial charge on any atom is -0.490 e. The van der Waals surface area contributed by atoms with Gasteiger partial charge in [0.2, 0.25) is 0 Å². The van der Waals surface area contributed by atoms with Gasteiger partial charge in [-0.05, 0) is 23.8 Å². The Morgan fingerprint density at radius 2 is 1.84 bits per heavy atom. The van der Waals surface area contributed by atoms with Gasteiger partial charge >= 0.3 is 0 Å². The first-order valence-electron chi connectivity index (χ1n) is 5.96. The lowest BCUT2D eigenvalue weighted by Crippen LogP contribution is -2.10. The molecule has 0 radical (unpaired) electrons. The number of benzene rings is 2. The molecule has 19 heavy (non-hydrogen) atoms. The van der Waals surface area contributed by atoms with Gasteiger partial charge in [0, 0.05) is 10.6 Å². The Bertz CT molecular complexity index is 528. The van der Waals surface area contributed by atoms with Crippen molar-refractivity contribution >= 4 is 11.6 Å². The first-order valence-corrected chi connectivity index (χ1v) is 6.33. The van der Waals surface area contributed by atoms with Gasteiger partial charge in [-0.1, -0.05) is 41.9 Å². The molecule has 0 saturated carbocycles. The molecule has 4 heteroatoms. The number of rotatable bonds is 5. The molecule has 0 spiro atoms. The predicted octanol–water partition coefficient (Wildman–Crippen LogP) is 2.94. The number of aliphatic hydroxyl groups is 2. The minimum absolute atomic E-state index is 0.124. The van der Waals surface area contributed by atoms with Gasteiger partial charge in [-0.2, -0.15) is 0 Å². The van der Waals surface area contributed by atoms with E-state index in [4.69, 9.17) is 16.3 Å². The molecule has 0 saturated heterocycles. The average molecular weight is 279 g/mol. The Morgan fingerprint density at radius 3 is 2.53 bits per heavy atom. The highest BCUT2D eigenvalue weighted by Crippen LogP contribution is 2.24. The van der Waals surface area contributed by atoms with Crippen LogP contribution in [0.5, 0.6) is 5.75 Å². The summed E-state index contributed by atoms with van der Waals surface area (Å²) in [6.07, 6.45) is -0.705. The third kappa shape index (κ3) is 3.70. The van der Waals surface area contributed by atoms with Crippen LogP contribution in [0.1, 0.15) is 17.2 Å². The first kappa shape index (κ1) is 13.9. The summed E-state index contributed by atoms with van der Waals surface area (Å²) in [4.78, 5) is 0. The largest absolute Gasteiger partial charge is 0.490 e. The van der Waals surface area contributed by atoms with Crippen molar-refractivity contribution in [3.63, 3.8) is 0 Å². The molecule has 2 N–H and O–H groups in total. The molecule has 0 aliphatic carbocycles. The molecular weight excluding hydrogens is 264 g/mol. The molecule has 100 valence electrons. The third-order valence-electron chi connectivity index (χ3n) is 2.77. The zero-order chi connectivity index (χ0) is 13.7. The molecule has 0 aromatic heterocycles. The fourth-order valence-electron chi connectivity index (χ4n) is 1.75. The van der Waals surface area contributed by atoms with Crippen LogP contribution in [0.2, 0.25) is 5.02 Å². The van der Waals surface area contributed by atoms with E-state index in [1.807, 2.05) is 30.3 Å². The second-order valence-corrected chi connectivity index (χ2v) is 4.58. The van der Waals surface area contributed by atoms with Crippen LogP contribution in [0.3, 0.4) is 0 Å². The minimum atomic E-state index is -0.705. The quantitative estimate of drug-likeness (QED) is 0.884. The van der Waals surface area contributed by atoms with Crippen LogP contribution in [-0.2, 0) is 6.61 Å². The van der Waals surface area contributed by atoms with Crippen molar-refractivity contribution < 1.29 is 14.9 Å². The lowest BCUT2D eigenvalue weighted by atomic mass is 10.1. The molecule has 0 aliphatic rings. The second-order valence-electron chi connectivity index (χ2n) is 4.15. The fraction of sp³-hybridized carbons (Fsp3) is 0.200. The van der Waals surface area contributed by atoms with E-state index in [2.05, 4.69) is 0 Å². The molecule has 0 heterocycles. The third-order valence-corrected chi connectivity index (χ3v) is 3.01. The van der Waals surface area contributed by atoms with Gasteiger partial charge in [-0.3, -0.25) is 0 Å². The Labute approximate surface area is 117 Å². The van der Waals surface area contributed by atoms with Crippen LogP contribution in [-0.4, -0.2) is 16.8 Å². The molecule has 1 unspecified atom stereocenters. The highest BCUT2D eigenvalue weighted by atomic mass is 35.5. The fourth-order valence-corrected chi connectivity index (χ4v) is 1.95. The first-order chi connectivity index (χ1) is 9.20. The summed E-state index contributed by atoms with van der Waals surface area (Å²) in [5.74, 6) is 0.530. The highest BCUT2D eigenvalue weighted by molar-refractivity contribution is 6.30. The number of ether oxygens (including phenoxy) is 1. The molecule has 0 bridgehead atoms. The average Bonchev–Trinajstić information content (AvgIpc) is 2.46. The Hall–Kier alpha value is -1.55. The number of hydrogen-bond acceptors (Lipinski definition) is 3. The summed E-state index contributed by atoms with van der Waals surface area (Å²) < 4.78 is 5.53. The summed E-state index contributed by atoms with van der Waals surface area (Å²) in [6, 6.07) is 14.3. The molecule has 2 aromatic carbocycles. The molecule has 2 rings (SSSR count). The van der Waals surface area contributed by atoms with Crippen molar-refractivity contribution in [2.45, 2.75) is 12.7 Å². The molecule has 1 atom stereocenters. The maximum Gasteiger partial charge on any atom is 0.125 e. The molecule has 3 nitrogen and oxygen atoms in total. The monoisotopic (exact) mass is 278 g/mol. The SMILES string of the molecule is OCc1cc(Cl)ccc1OCC(O)c1ccccc1. The standard InChI is InChI=1S/C15H15ClO3/c16-13-6-7-15(12(8-13)9-17)19-10-14(18)11-4-2-1-3-5-11/h1-8,14,17-18H,9-10H2. The van der Waals surface area contributed by atoms with Gasteiger partial charge in [0.25, 0.3) is 0 Å². The van der Waals surface area contributed by atoms with Crippen LogP contribution in [0.25, 0.3) is 0 Å². The summed E-state index contributed by atoms with van der Waals surface area (Å²) >= 11 is 5.84. The van der Waals surface area contributed by atoms with Crippen LogP contribution in [0.15, 0.2) is 48.5 Å². The van der Waals surface area contributed by atoms with Crippen LogP contribution in [0.4, 0.5) is 0 Å². The van der Waals surface area contributed by atoms with Crippen molar-refractivity contribution in [1.29, 1.82) is 0 Å². The second kappa shape index (κ2) is 6.57. The maximum absolute atomic E-state index is 9.99. The van der Waals surface area contributed by atoms with Crippen molar-refractivity contribution in [3.05, 3.63) is 64.7 Å². The van der Waals surface area contributed by atoms with Crippen molar-refractivity contribution in [1.82, 2.24) is 0 Å². The van der Waals surface area contributed by atoms with Crippen molar-refractivity contribution in [3.8, 4) is 5.75 Å². The van der Waals surface area contributed by atoms with E-state index >= 15 is 0 Å². The maximum atomic E-state index is 9.99. The van der Waals surface area contributed by atoms with Gasteiger partial charge in [-0.25, -0.2) is 0 Å². The van der Waals surface area contributed by atoms with Gasteiger partial charge in [0.15, 0.2) is 0 Å². The smallest absolute Gasteiger partial charge is 0.125 e. The van der Waals surface area contributed by atoms with Crippen LogP contribution < -0.4 is 4.74 Å². The number of aliphatic hydroxyl groups excluding tert-OH is 2. The molecule has 0 aliphatic heterocycles. The van der Waals surface area contributed by atoms with E-state index in [0.717, 1.165) is 5.56 Å². The molecular formula is C15H15ClO3. The van der Waals surface area contributed by atoms with E-state index < -0.39 is 6.10 Å². The highest BCUT2D eigenvalue weighted by Gasteiger charge is 2.10. The zero-order valence-electron chi connectivity index (χ0n) is 10.3. The van der Waals surface area contributed by atoms with Gasteiger partial charge in [0.05, 0.1) is 6.61 Å². The van der Waals surface area contributed by atoms with E-state index in [9.17, 15) is 10.2 Å². The summed E-state index contributed by atoms with van der Waals surface area (Å²) in [5, 5.41) is 19.8. The van der Waals surface area contributed by atoms with E-state index in [-0.39, 0.29) is 13.2 Å². The van der Waals surface area contributed by atoms with Gasteiger partial charge < -0.3 is 14.9 Å². The van der Waals surface area contributed by atoms with Crippen LogP contribution in [0, 0.1) is 0 Å². The van der Waals surface area contributed by atoms with Crippen molar-refractivity contribution in [2.24, 2.45) is 0 Å². The van der Waals surface area contributed by atoms with Gasteiger partial charge in [0.1, 0.15) is 18.5 Å². The summed E-state index contributed by atoms with van der Waals surface area (Å²) in [5.41, 5.74) is 1.40. The van der Waals surface area contributed by atoms with Crippen LogP contribution >= 0.6 is 11.6 Å². The lowest BCUT2D eigenvalue weighted by molar-refractivity contribution is 0.106.